The molecule has 250 valence electrons. The Bertz CT molecular complexity index is 3020. The highest BCUT2D eigenvalue weighted by Crippen LogP contribution is 2.51. The third-order valence-electron chi connectivity index (χ3n) is 11.0. The molecule has 0 fully saturated rings. The number of rotatable bonds is 4. The van der Waals surface area contributed by atoms with Gasteiger partial charge in [0.25, 0.3) is 0 Å². The molecule has 0 saturated heterocycles. The molecule has 0 saturated carbocycles. The molecular weight excluding hydrogens is 649 g/mol. The monoisotopic (exact) mass is 680 g/mol. The topological polar surface area (TPSA) is 56.7 Å². The van der Waals surface area contributed by atoms with Crippen molar-refractivity contribution in [1.29, 1.82) is 0 Å². The van der Waals surface area contributed by atoms with Crippen LogP contribution in [0.5, 0.6) is 0 Å². The van der Waals surface area contributed by atoms with Gasteiger partial charge < -0.3 is 8.98 Å². The van der Waals surface area contributed by atoms with E-state index in [9.17, 15) is 0 Å². The molecule has 1 aliphatic carbocycles. The number of para-hydroxylation sites is 2. The van der Waals surface area contributed by atoms with E-state index < -0.39 is 0 Å². The maximum absolute atomic E-state index is 6.67. The summed E-state index contributed by atoms with van der Waals surface area (Å²) in [4.78, 5) is 15.4. The molecule has 1 aliphatic rings. The lowest BCUT2D eigenvalue weighted by Crippen LogP contribution is -2.14. The molecule has 0 bridgehead atoms. The smallest absolute Gasteiger partial charge is 0.164 e. The summed E-state index contributed by atoms with van der Waals surface area (Å²) < 4.78 is 9.05. The summed E-state index contributed by atoms with van der Waals surface area (Å²) >= 11 is 0. The van der Waals surface area contributed by atoms with Gasteiger partial charge in [0, 0.05) is 49.7 Å². The van der Waals surface area contributed by atoms with E-state index in [-0.39, 0.29) is 5.41 Å². The minimum atomic E-state index is -0.102. The highest BCUT2D eigenvalue weighted by atomic mass is 16.3. The van der Waals surface area contributed by atoms with Crippen LogP contribution in [0.2, 0.25) is 0 Å². The fourth-order valence-corrected chi connectivity index (χ4v) is 8.52. The standard InChI is InChI=1S/C48H32N4O/c1-48(2)38-22-12-9-19-32(38)35-28-41-36(27-39(35)48)33-20-10-13-23-40(33)52(41)31-25-37(44-34-21-11-14-24-42(34)53-43(44)26-31)47-50-45(29-15-5-3-6-16-29)49-46(51-47)30-17-7-4-8-18-30/h3-28H,1-2H3. The molecule has 53 heavy (non-hydrogen) atoms. The Balaban J connectivity index is 1.24. The highest BCUT2D eigenvalue weighted by molar-refractivity contribution is 6.14. The third-order valence-corrected chi connectivity index (χ3v) is 11.0. The predicted molar refractivity (Wildman–Crippen MR) is 215 cm³/mol. The van der Waals surface area contributed by atoms with E-state index in [4.69, 9.17) is 19.4 Å². The van der Waals surface area contributed by atoms with Crippen molar-refractivity contribution >= 4 is 43.7 Å². The van der Waals surface area contributed by atoms with Crippen LogP contribution < -0.4 is 0 Å². The molecule has 5 nitrogen and oxygen atoms in total. The summed E-state index contributed by atoms with van der Waals surface area (Å²) in [5, 5.41) is 4.43. The van der Waals surface area contributed by atoms with Crippen molar-refractivity contribution < 1.29 is 4.42 Å². The minimum absolute atomic E-state index is 0.102. The van der Waals surface area contributed by atoms with Crippen LogP contribution in [0.4, 0.5) is 0 Å². The lowest BCUT2D eigenvalue weighted by molar-refractivity contribution is 0.661. The van der Waals surface area contributed by atoms with Crippen molar-refractivity contribution in [3.05, 3.63) is 169 Å². The van der Waals surface area contributed by atoms with Crippen molar-refractivity contribution in [2.75, 3.05) is 0 Å². The zero-order valence-corrected chi connectivity index (χ0v) is 29.2. The molecule has 11 rings (SSSR count). The largest absolute Gasteiger partial charge is 0.456 e. The number of hydrogen-bond donors (Lipinski definition) is 0. The van der Waals surface area contributed by atoms with Crippen molar-refractivity contribution in [1.82, 2.24) is 19.5 Å². The molecule has 0 aliphatic heterocycles. The Labute approximate surface area is 305 Å². The molecule has 0 amide bonds. The van der Waals surface area contributed by atoms with Crippen molar-refractivity contribution in [3.8, 4) is 51.0 Å². The van der Waals surface area contributed by atoms with E-state index in [2.05, 4.69) is 103 Å². The van der Waals surface area contributed by atoms with E-state index >= 15 is 0 Å². The van der Waals surface area contributed by atoms with E-state index in [0.717, 1.165) is 55.3 Å². The number of furan rings is 1. The molecule has 3 heterocycles. The first-order valence-corrected chi connectivity index (χ1v) is 18.0. The number of fused-ring (bicyclic) bond motifs is 9. The van der Waals surface area contributed by atoms with E-state index in [1.54, 1.807) is 0 Å². The second-order valence-electron chi connectivity index (χ2n) is 14.4. The summed E-state index contributed by atoms with van der Waals surface area (Å²) in [6.07, 6.45) is 0. The molecule has 10 aromatic rings. The summed E-state index contributed by atoms with van der Waals surface area (Å²) in [5.41, 5.74) is 12.8. The van der Waals surface area contributed by atoms with Gasteiger partial charge in [0.15, 0.2) is 17.5 Å². The van der Waals surface area contributed by atoms with Crippen molar-refractivity contribution in [3.63, 3.8) is 0 Å². The van der Waals surface area contributed by atoms with Gasteiger partial charge in [-0.1, -0.05) is 135 Å². The Morgan fingerprint density at radius 2 is 1.08 bits per heavy atom. The fourth-order valence-electron chi connectivity index (χ4n) is 8.52. The van der Waals surface area contributed by atoms with Crippen LogP contribution in [0.3, 0.4) is 0 Å². The van der Waals surface area contributed by atoms with Gasteiger partial charge in [-0.3, -0.25) is 0 Å². The molecule has 0 unspecified atom stereocenters. The SMILES string of the molecule is CC1(C)c2ccccc2-c2cc3c(cc21)c1ccccc1n3-c1cc(-c2nc(-c3ccccc3)nc(-c3ccccc3)n2)c2c(c1)oc1ccccc12. The number of nitrogens with zero attached hydrogens (tertiary/aromatic N) is 4. The summed E-state index contributed by atoms with van der Waals surface area (Å²) in [5.74, 6) is 1.83. The fraction of sp³-hybridized carbons (Fsp3) is 0.0625. The first kappa shape index (κ1) is 29.8. The Morgan fingerprint density at radius 3 is 1.83 bits per heavy atom. The lowest BCUT2D eigenvalue weighted by atomic mass is 9.82. The first-order valence-electron chi connectivity index (χ1n) is 18.0. The number of hydrogen-bond acceptors (Lipinski definition) is 4. The van der Waals surface area contributed by atoms with Crippen LogP contribution in [0.15, 0.2) is 162 Å². The van der Waals surface area contributed by atoms with Gasteiger partial charge in [-0.25, -0.2) is 15.0 Å². The van der Waals surface area contributed by atoms with Gasteiger partial charge in [-0.2, -0.15) is 0 Å². The van der Waals surface area contributed by atoms with Crippen LogP contribution in [-0.2, 0) is 5.41 Å². The zero-order valence-electron chi connectivity index (χ0n) is 29.2. The number of benzene rings is 7. The van der Waals surface area contributed by atoms with Crippen LogP contribution in [0.25, 0.3) is 94.7 Å². The summed E-state index contributed by atoms with van der Waals surface area (Å²) in [6.45, 7) is 4.68. The molecule has 5 heteroatoms. The zero-order chi connectivity index (χ0) is 35.3. The maximum atomic E-state index is 6.67. The number of aromatic nitrogens is 4. The highest BCUT2D eigenvalue weighted by Gasteiger charge is 2.36. The van der Waals surface area contributed by atoms with Gasteiger partial charge >= 0.3 is 0 Å². The normalized spacial score (nSPS) is 13.2. The van der Waals surface area contributed by atoms with E-state index in [1.165, 1.54) is 33.0 Å². The van der Waals surface area contributed by atoms with E-state index in [0.29, 0.717) is 17.5 Å². The third kappa shape index (κ3) is 4.40. The molecule has 0 N–H and O–H groups in total. The molecular formula is C48H32N4O. The Morgan fingerprint density at radius 1 is 0.453 bits per heavy atom. The van der Waals surface area contributed by atoms with Gasteiger partial charge in [0.05, 0.1) is 16.7 Å². The van der Waals surface area contributed by atoms with Gasteiger partial charge in [0.2, 0.25) is 0 Å². The average molecular weight is 681 g/mol. The lowest BCUT2D eigenvalue weighted by Gasteiger charge is -2.21. The van der Waals surface area contributed by atoms with Crippen LogP contribution in [0.1, 0.15) is 25.0 Å². The summed E-state index contributed by atoms with van der Waals surface area (Å²) in [7, 11) is 0. The van der Waals surface area contributed by atoms with Crippen LogP contribution >= 0.6 is 0 Å². The van der Waals surface area contributed by atoms with Gasteiger partial charge in [0.1, 0.15) is 11.2 Å². The first-order chi connectivity index (χ1) is 26.0. The Hall–Kier alpha value is -6.85. The molecule has 7 aromatic carbocycles. The molecule has 0 spiro atoms. The van der Waals surface area contributed by atoms with E-state index in [1.807, 2.05) is 72.8 Å². The predicted octanol–water partition coefficient (Wildman–Crippen LogP) is 12.2. The maximum Gasteiger partial charge on any atom is 0.164 e. The van der Waals surface area contributed by atoms with Crippen LogP contribution in [0, 0.1) is 0 Å². The quantitative estimate of drug-likeness (QED) is 0.186. The Kier molecular flexibility index (Phi) is 6.23. The van der Waals surface area contributed by atoms with Crippen molar-refractivity contribution in [2.45, 2.75) is 19.3 Å². The van der Waals surface area contributed by atoms with Crippen molar-refractivity contribution in [2.24, 2.45) is 0 Å². The van der Waals surface area contributed by atoms with Gasteiger partial charge in [-0.05, 0) is 52.6 Å². The van der Waals surface area contributed by atoms with Gasteiger partial charge in [-0.15, -0.1) is 0 Å². The minimum Gasteiger partial charge on any atom is -0.456 e. The van der Waals surface area contributed by atoms with Crippen LogP contribution in [-0.4, -0.2) is 19.5 Å². The molecule has 3 aromatic heterocycles. The molecule has 0 atom stereocenters. The second kappa shape index (κ2) is 11.1. The second-order valence-corrected chi connectivity index (χ2v) is 14.4. The molecule has 0 radical (unpaired) electrons. The average Bonchev–Trinajstić information content (AvgIpc) is 3.82. The summed E-state index contributed by atoms with van der Waals surface area (Å²) in [6, 6.07) is 55.2.